The largest absolute Gasteiger partial charge is 0.497 e. The van der Waals surface area contributed by atoms with Gasteiger partial charge in [-0.15, -0.1) is 0 Å². The smallest absolute Gasteiger partial charge is 0.119 e. The third kappa shape index (κ3) is 3.11. The summed E-state index contributed by atoms with van der Waals surface area (Å²) in [5.74, 6) is 0.960. The third-order valence-corrected chi connectivity index (χ3v) is 4.37. The highest BCUT2D eigenvalue weighted by molar-refractivity contribution is 5.39. The Morgan fingerprint density at radius 1 is 1.26 bits per heavy atom. The molecule has 0 radical (unpaired) electrons. The summed E-state index contributed by atoms with van der Waals surface area (Å²) in [5, 5.41) is 3.85. The van der Waals surface area contributed by atoms with E-state index in [2.05, 4.69) is 37.4 Å². The van der Waals surface area contributed by atoms with Crippen LogP contribution in [0.5, 0.6) is 5.75 Å². The standard InChI is InChI=1S/C17H27NO/c1-4-10-17(11-6-5-7-12-18-17)16-9-8-15(19-3)13-14(16)2/h8-9,13,18H,4-7,10-12H2,1-3H3. The van der Waals surface area contributed by atoms with E-state index in [4.69, 9.17) is 4.74 Å². The Morgan fingerprint density at radius 2 is 2.11 bits per heavy atom. The minimum absolute atomic E-state index is 0.182. The Morgan fingerprint density at radius 3 is 2.79 bits per heavy atom. The second-order valence-corrected chi connectivity index (χ2v) is 5.75. The van der Waals surface area contributed by atoms with Crippen LogP contribution < -0.4 is 10.1 Å². The van der Waals surface area contributed by atoms with Crippen LogP contribution in [-0.4, -0.2) is 13.7 Å². The summed E-state index contributed by atoms with van der Waals surface area (Å²) >= 11 is 0. The van der Waals surface area contributed by atoms with Crippen LogP contribution in [0.2, 0.25) is 0 Å². The van der Waals surface area contributed by atoms with Crippen LogP contribution in [0.15, 0.2) is 18.2 Å². The molecule has 1 aliphatic rings. The first-order chi connectivity index (χ1) is 9.22. The number of benzene rings is 1. The van der Waals surface area contributed by atoms with Crippen LogP contribution in [-0.2, 0) is 5.54 Å². The second kappa shape index (κ2) is 6.42. The van der Waals surface area contributed by atoms with Crippen LogP contribution in [0.3, 0.4) is 0 Å². The number of methoxy groups -OCH3 is 1. The van der Waals surface area contributed by atoms with Crippen molar-refractivity contribution in [1.82, 2.24) is 5.32 Å². The molecule has 0 aliphatic carbocycles. The summed E-state index contributed by atoms with van der Waals surface area (Å²) < 4.78 is 5.33. The first kappa shape index (κ1) is 14.4. The molecule has 0 saturated carbocycles. The number of hydrogen-bond acceptors (Lipinski definition) is 2. The zero-order valence-corrected chi connectivity index (χ0v) is 12.6. The van der Waals surface area contributed by atoms with E-state index >= 15 is 0 Å². The zero-order valence-electron chi connectivity index (χ0n) is 12.6. The number of rotatable bonds is 4. The lowest BCUT2D eigenvalue weighted by Gasteiger charge is -2.36. The van der Waals surface area contributed by atoms with Crippen molar-refractivity contribution in [3.8, 4) is 5.75 Å². The van der Waals surface area contributed by atoms with Gasteiger partial charge in [0.2, 0.25) is 0 Å². The molecule has 1 N–H and O–H groups in total. The molecule has 106 valence electrons. The average molecular weight is 261 g/mol. The van der Waals surface area contributed by atoms with E-state index in [0.29, 0.717) is 0 Å². The SMILES string of the molecule is CCCC1(c2ccc(OC)cc2C)CCCCCN1. The van der Waals surface area contributed by atoms with Gasteiger partial charge in [-0.1, -0.05) is 32.3 Å². The van der Waals surface area contributed by atoms with Crippen molar-refractivity contribution in [1.29, 1.82) is 0 Å². The minimum atomic E-state index is 0.182. The first-order valence-corrected chi connectivity index (χ1v) is 7.62. The van der Waals surface area contributed by atoms with E-state index in [1.54, 1.807) is 7.11 Å². The molecular formula is C17H27NO. The molecule has 1 unspecified atom stereocenters. The van der Waals surface area contributed by atoms with E-state index in [0.717, 1.165) is 12.3 Å². The number of nitrogens with one attached hydrogen (secondary N) is 1. The summed E-state index contributed by atoms with van der Waals surface area (Å²) in [4.78, 5) is 0. The molecule has 0 spiro atoms. The van der Waals surface area contributed by atoms with E-state index in [-0.39, 0.29) is 5.54 Å². The summed E-state index contributed by atoms with van der Waals surface area (Å²) in [7, 11) is 1.74. The topological polar surface area (TPSA) is 21.3 Å². The van der Waals surface area contributed by atoms with Crippen molar-refractivity contribution in [2.45, 2.75) is 57.9 Å². The highest BCUT2D eigenvalue weighted by Gasteiger charge is 2.32. The highest BCUT2D eigenvalue weighted by Crippen LogP contribution is 2.37. The van der Waals surface area contributed by atoms with Crippen LogP contribution >= 0.6 is 0 Å². The monoisotopic (exact) mass is 261 g/mol. The molecule has 0 bridgehead atoms. The zero-order chi connectivity index (χ0) is 13.7. The molecule has 1 aromatic rings. The van der Waals surface area contributed by atoms with Crippen molar-refractivity contribution in [2.75, 3.05) is 13.7 Å². The van der Waals surface area contributed by atoms with Crippen LogP contribution in [0.4, 0.5) is 0 Å². The van der Waals surface area contributed by atoms with Gasteiger partial charge in [0.1, 0.15) is 5.75 Å². The summed E-state index contributed by atoms with van der Waals surface area (Å²) in [5.41, 5.74) is 3.00. The number of ether oxygens (including phenoxy) is 1. The maximum absolute atomic E-state index is 5.33. The van der Waals surface area contributed by atoms with Gasteiger partial charge < -0.3 is 10.1 Å². The molecule has 1 heterocycles. The fourth-order valence-electron chi connectivity index (χ4n) is 3.45. The predicted octanol–water partition coefficient (Wildman–Crippen LogP) is 4.16. The van der Waals surface area contributed by atoms with Crippen molar-refractivity contribution in [3.05, 3.63) is 29.3 Å². The summed E-state index contributed by atoms with van der Waals surface area (Å²) in [6.45, 7) is 5.64. The maximum Gasteiger partial charge on any atom is 0.119 e. The Kier molecular flexibility index (Phi) is 4.87. The molecule has 0 amide bonds. The van der Waals surface area contributed by atoms with Gasteiger partial charge in [-0.05, 0) is 56.0 Å². The first-order valence-electron chi connectivity index (χ1n) is 7.62. The average Bonchev–Trinajstić information content (AvgIpc) is 2.65. The van der Waals surface area contributed by atoms with Gasteiger partial charge in [-0.3, -0.25) is 0 Å². The lowest BCUT2D eigenvalue weighted by molar-refractivity contribution is 0.295. The van der Waals surface area contributed by atoms with Gasteiger partial charge in [-0.2, -0.15) is 0 Å². The molecule has 2 nitrogen and oxygen atoms in total. The van der Waals surface area contributed by atoms with Crippen LogP contribution in [0.25, 0.3) is 0 Å². The quantitative estimate of drug-likeness (QED) is 0.878. The molecule has 1 fully saturated rings. The lowest BCUT2D eigenvalue weighted by Crippen LogP contribution is -2.42. The molecule has 1 saturated heterocycles. The predicted molar refractivity (Wildman–Crippen MR) is 80.8 cm³/mol. The normalized spacial score (nSPS) is 23.9. The Bertz CT molecular complexity index is 406. The minimum Gasteiger partial charge on any atom is -0.497 e. The second-order valence-electron chi connectivity index (χ2n) is 5.75. The Balaban J connectivity index is 2.36. The highest BCUT2D eigenvalue weighted by atomic mass is 16.5. The summed E-state index contributed by atoms with van der Waals surface area (Å²) in [6.07, 6.45) is 7.69. The summed E-state index contributed by atoms with van der Waals surface area (Å²) in [6, 6.07) is 6.54. The van der Waals surface area contributed by atoms with Gasteiger partial charge in [0.25, 0.3) is 0 Å². The van der Waals surface area contributed by atoms with Crippen molar-refractivity contribution in [3.63, 3.8) is 0 Å². The fourth-order valence-corrected chi connectivity index (χ4v) is 3.45. The van der Waals surface area contributed by atoms with Crippen molar-refractivity contribution in [2.24, 2.45) is 0 Å². The van der Waals surface area contributed by atoms with Gasteiger partial charge in [0.15, 0.2) is 0 Å². The van der Waals surface area contributed by atoms with Gasteiger partial charge in [0.05, 0.1) is 7.11 Å². The van der Waals surface area contributed by atoms with Crippen molar-refractivity contribution < 1.29 is 4.74 Å². The van der Waals surface area contributed by atoms with Crippen LogP contribution in [0, 0.1) is 6.92 Å². The molecule has 1 atom stereocenters. The molecule has 2 rings (SSSR count). The Labute approximate surface area is 117 Å². The van der Waals surface area contributed by atoms with E-state index in [1.165, 1.54) is 49.7 Å². The van der Waals surface area contributed by atoms with Gasteiger partial charge in [0, 0.05) is 5.54 Å². The molecule has 1 aromatic carbocycles. The molecular weight excluding hydrogens is 234 g/mol. The molecule has 0 aromatic heterocycles. The number of aryl methyl sites for hydroxylation is 1. The van der Waals surface area contributed by atoms with E-state index < -0.39 is 0 Å². The molecule has 19 heavy (non-hydrogen) atoms. The lowest BCUT2D eigenvalue weighted by atomic mass is 9.79. The molecule has 1 aliphatic heterocycles. The van der Waals surface area contributed by atoms with E-state index in [9.17, 15) is 0 Å². The van der Waals surface area contributed by atoms with Crippen LogP contribution in [0.1, 0.15) is 56.6 Å². The van der Waals surface area contributed by atoms with Crippen molar-refractivity contribution >= 4 is 0 Å². The van der Waals surface area contributed by atoms with Gasteiger partial charge >= 0.3 is 0 Å². The van der Waals surface area contributed by atoms with Gasteiger partial charge in [-0.25, -0.2) is 0 Å². The molecule has 2 heteroatoms. The number of hydrogen-bond donors (Lipinski definition) is 1. The Hall–Kier alpha value is -1.02. The maximum atomic E-state index is 5.33. The van der Waals surface area contributed by atoms with E-state index in [1.807, 2.05) is 0 Å². The third-order valence-electron chi connectivity index (χ3n) is 4.37. The fraction of sp³-hybridized carbons (Fsp3) is 0.647.